The van der Waals surface area contributed by atoms with Gasteiger partial charge in [0.05, 0.1) is 0 Å². The van der Waals surface area contributed by atoms with Crippen LogP contribution < -0.4 is 4.74 Å². The topological polar surface area (TPSA) is 48.3 Å². The van der Waals surface area contributed by atoms with Crippen LogP contribution >= 0.6 is 0 Å². The van der Waals surface area contributed by atoms with E-state index in [-0.39, 0.29) is 18.3 Å². The Morgan fingerprint density at radius 1 is 1.04 bits per heavy atom. The zero-order valence-electron chi connectivity index (χ0n) is 13.1. The summed E-state index contributed by atoms with van der Waals surface area (Å²) in [6, 6.07) is 16.5. The van der Waals surface area contributed by atoms with E-state index in [9.17, 15) is 9.59 Å². The molecule has 0 atom stereocenters. The normalized spacial score (nSPS) is 10.7. The number of rotatable bonds is 4. The molecule has 116 valence electrons. The highest BCUT2D eigenvalue weighted by Gasteiger charge is 2.11. The maximum Gasteiger partial charge on any atom is 0.331 e. The zero-order valence-corrected chi connectivity index (χ0v) is 13.1. The van der Waals surface area contributed by atoms with Crippen molar-refractivity contribution in [2.75, 3.05) is 0 Å². The van der Waals surface area contributed by atoms with Crippen molar-refractivity contribution in [1.29, 1.82) is 0 Å². The number of nitrogens with zero attached hydrogens (tertiary/aromatic N) is 1. The van der Waals surface area contributed by atoms with Crippen molar-refractivity contribution in [2.24, 2.45) is 0 Å². The van der Waals surface area contributed by atoms with Crippen molar-refractivity contribution in [3.63, 3.8) is 0 Å². The van der Waals surface area contributed by atoms with Crippen LogP contribution in [0.5, 0.6) is 5.75 Å². The van der Waals surface area contributed by atoms with Crippen molar-refractivity contribution >= 4 is 22.7 Å². The predicted octanol–water partition coefficient (Wildman–Crippen LogP) is 3.76. The number of fused-ring (bicyclic) bond motifs is 1. The summed E-state index contributed by atoms with van der Waals surface area (Å²) in [7, 11) is 0. The lowest BCUT2D eigenvalue weighted by molar-refractivity contribution is -0.135. The quantitative estimate of drug-likeness (QED) is 0.419. The van der Waals surface area contributed by atoms with Crippen LogP contribution in [0.4, 0.5) is 0 Å². The number of aromatic nitrogens is 1. The standard InChI is InChI=1S/C19H17NO3/c1-13-11-16-5-3-4-6-18(16)20(13)12-19(22)23-17-9-7-15(8-10-17)14(2)21/h3-11H,12H2,1-2H3. The van der Waals surface area contributed by atoms with E-state index in [4.69, 9.17) is 4.74 Å². The minimum absolute atomic E-state index is 0.0164. The first kappa shape index (κ1) is 15.0. The average Bonchev–Trinajstić information content (AvgIpc) is 2.84. The van der Waals surface area contributed by atoms with Gasteiger partial charge in [-0.3, -0.25) is 4.79 Å². The lowest BCUT2D eigenvalue weighted by atomic mass is 10.1. The molecule has 0 radical (unpaired) electrons. The fourth-order valence-corrected chi connectivity index (χ4v) is 2.61. The molecule has 3 rings (SSSR count). The van der Waals surface area contributed by atoms with Crippen LogP contribution in [0.3, 0.4) is 0 Å². The number of ether oxygens (including phenoxy) is 1. The number of esters is 1. The third-order valence-electron chi connectivity index (χ3n) is 3.80. The molecule has 0 spiro atoms. The maximum atomic E-state index is 12.2. The minimum Gasteiger partial charge on any atom is -0.425 e. The van der Waals surface area contributed by atoms with Gasteiger partial charge in [-0.05, 0) is 55.6 Å². The number of benzene rings is 2. The van der Waals surface area contributed by atoms with Gasteiger partial charge < -0.3 is 9.30 Å². The first-order valence-corrected chi connectivity index (χ1v) is 7.41. The highest BCUT2D eigenvalue weighted by atomic mass is 16.5. The van der Waals surface area contributed by atoms with Crippen LogP contribution in [-0.2, 0) is 11.3 Å². The molecular weight excluding hydrogens is 290 g/mol. The molecule has 4 heteroatoms. The van der Waals surface area contributed by atoms with E-state index in [1.54, 1.807) is 24.3 Å². The van der Waals surface area contributed by atoms with Crippen LogP contribution in [0, 0.1) is 6.92 Å². The second kappa shape index (κ2) is 6.08. The molecule has 4 nitrogen and oxygen atoms in total. The molecule has 0 aliphatic heterocycles. The molecule has 2 aromatic carbocycles. The van der Waals surface area contributed by atoms with Crippen molar-refractivity contribution in [1.82, 2.24) is 4.57 Å². The van der Waals surface area contributed by atoms with Gasteiger partial charge in [0.25, 0.3) is 0 Å². The summed E-state index contributed by atoms with van der Waals surface area (Å²) >= 11 is 0. The fraction of sp³-hybridized carbons (Fsp3) is 0.158. The van der Waals surface area contributed by atoms with E-state index < -0.39 is 0 Å². The number of hydrogen-bond acceptors (Lipinski definition) is 3. The van der Waals surface area contributed by atoms with Gasteiger partial charge >= 0.3 is 5.97 Å². The molecule has 23 heavy (non-hydrogen) atoms. The van der Waals surface area contributed by atoms with E-state index in [1.807, 2.05) is 41.8 Å². The Morgan fingerprint density at radius 2 is 1.74 bits per heavy atom. The Morgan fingerprint density at radius 3 is 2.43 bits per heavy atom. The molecule has 0 bridgehead atoms. The van der Waals surface area contributed by atoms with E-state index in [1.165, 1.54) is 6.92 Å². The Hall–Kier alpha value is -2.88. The number of carbonyl (C=O) groups is 2. The first-order chi connectivity index (χ1) is 11.0. The van der Waals surface area contributed by atoms with Crippen LogP contribution in [0.1, 0.15) is 23.0 Å². The summed E-state index contributed by atoms with van der Waals surface area (Å²) < 4.78 is 7.29. The van der Waals surface area contributed by atoms with E-state index >= 15 is 0 Å². The highest BCUT2D eigenvalue weighted by Crippen LogP contribution is 2.20. The third-order valence-corrected chi connectivity index (χ3v) is 3.80. The van der Waals surface area contributed by atoms with Crippen molar-refractivity contribution in [2.45, 2.75) is 20.4 Å². The van der Waals surface area contributed by atoms with Crippen LogP contribution in [0.2, 0.25) is 0 Å². The van der Waals surface area contributed by atoms with Gasteiger partial charge in [0.15, 0.2) is 5.78 Å². The van der Waals surface area contributed by atoms with E-state index in [2.05, 4.69) is 0 Å². The number of carbonyl (C=O) groups excluding carboxylic acids is 2. The summed E-state index contributed by atoms with van der Waals surface area (Å²) in [5.74, 6) is 0.0801. The van der Waals surface area contributed by atoms with Crippen LogP contribution in [0.25, 0.3) is 10.9 Å². The van der Waals surface area contributed by atoms with Gasteiger partial charge in [-0.15, -0.1) is 0 Å². The molecule has 3 aromatic rings. The smallest absolute Gasteiger partial charge is 0.331 e. The van der Waals surface area contributed by atoms with E-state index in [0.717, 1.165) is 16.6 Å². The van der Waals surface area contributed by atoms with Gasteiger partial charge in [-0.2, -0.15) is 0 Å². The molecule has 0 aliphatic rings. The van der Waals surface area contributed by atoms with Crippen LogP contribution in [0.15, 0.2) is 54.6 Å². The average molecular weight is 307 g/mol. The Balaban J connectivity index is 1.76. The molecule has 0 fully saturated rings. The second-order valence-electron chi connectivity index (χ2n) is 5.49. The molecule has 0 amide bonds. The molecule has 0 aliphatic carbocycles. The van der Waals surface area contributed by atoms with Crippen molar-refractivity contribution < 1.29 is 14.3 Å². The zero-order chi connectivity index (χ0) is 16.4. The number of aryl methyl sites for hydroxylation is 1. The Labute approximate surface area is 134 Å². The summed E-state index contributed by atoms with van der Waals surface area (Å²) in [6.07, 6.45) is 0. The lowest BCUT2D eigenvalue weighted by Gasteiger charge is -2.09. The molecule has 1 heterocycles. The largest absolute Gasteiger partial charge is 0.425 e. The first-order valence-electron chi connectivity index (χ1n) is 7.41. The lowest BCUT2D eigenvalue weighted by Crippen LogP contribution is -2.17. The second-order valence-corrected chi connectivity index (χ2v) is 5.49. The van der Waals surface area contributed by atoms with Gasteiger partial charge in [0.1, 0.15) is 12.3 Å². The van der Waals surface area contributed by atoms with Crippen molar-refractivity contribution in [3.05, 3.63) is 65.9 Å². The van der Waals surface area contributed by atoms with Gasteiger partial charge in [0, 0.05) is 16.8 Å². The third kappa shape index (κ3) is 3.16. The van der Waals surface area contributed by atoms with Gasteiger partial charge in [-0.1, -0.05) is 18.2 Å². The van der Waals surface area contributed by atoms with Gasteiger partial charge in [0.2, 0.25) is 0 Å². The summed E-state index contributed by atoms with van der Waals surface area (Å²) in [5, 5.41) is 1.10. The highest BCUT2D eigenvalue weighted by molar-refractivity contribution is 5.94. The van der Waals surface area contributed by atoms with Gasteiger partial charge in [-0.25, -0.2) is 4.79 Å². The number of ketones is 1. The van der Waals surface area contributed by atoms with E-state index in [0.29, 0.717) is 11.3 Å². The summed E-state index contributed by atoms with van der Waals surface area (Å²) in [4.78, 5) is 23.4. The number of hydrogen-bond donors (Lipinski definition) is 0. The minimum atomic E-state index is -0.343. The number of para-hydroxylation sites is 1. The summed E-state index contributed by atoms with van der Waals surface area (Å²) in [5.41, 5.74) is 2.61. The molecular formula is C19H17NO3. The predicted molar refractivity (Wildman–Crippen MR) is 88.8 cm³/mol. The summed E-state index contributed by atoms with van der Waals surface area (Å²) in [6.45, 7) is 3.61. The molecule has 1 aromatic heterocycles. The number of Topliss-reactive ketones (excluding diaryl/α,β-unsaturated/α-hetero) is 1. The molecule has 0 saturated carbocycles. The van der Waals surface area contributed by atoms with Crippen molar-refractivity contribution in [3.8, 4) is 5.75 Å². The SMILES string of the molecule is CC(=O)c1ccc(OC(=O)Cn2c(C)cc3ccccc32)cc1. The maximum absolute atomic E-state index is 12.2. The Bertz CT molecular complexity index is 875. The molecule has 0 unspecified atom stereocenters. The fourth-order valence-electron chi connectivity index (χ4n) is 2.61. The molecule has 0 N–H and O–H groups in total. The monoisotopic (exact) mass is 307 g/mol. The molecule has 0 saturated heterocycles. The van der Waals surface area contributed by atoms with Crippen LogP contribution in [-0.4, -0.2) is 16.3 Å². The Kier molecular flexibility index (Phi) is 3.98.